The molecule has 1 atom stereocenters. The Kier molecular flexibility index (Phi) is 4.47. The molecule has 1 saturated heterocycles. The zero-order valence-electron chi connectivity index (χ0n) is 13.4. The van der Waals surface area contributed by atoms with Gasteiger partial charge in [0.05, 0.1) is 5.69 Å². The number of amides is 4. The molecule has 0 N–H and O–H groups in total. The summed E-state index contributed by atoms with van der Waals surface area (Å²) in [4.78, 5) is 38.8. The van der Waals surface area contributed by atoms with Crippen molar-refractivity contribution in [3.05, 3.63) is 60.4 Å². The van der Waals surface area contributed by atoms with E-state index in [1.54, 1.807) is 24.3 Å². The van der Waals surface area contributed by atoms with Crippen LogP contribution < -0.4 is 9.64 Å². The number of hydrogen-bond acceptors (Lipinski definition) is 4. The van der Waals surface area contributed by atoms with Crippen molar-refractivity contribution in [3.63, 3.8) is 0 Å². The Morgan fingerprint density at radius 1 is 1.08 bits per heavy atom. The summed E-state index contributed by atoms with van der Waals surface area (Å²) in [6.45, 7) is 1.13. The summed E-state index contributed by atoms with van der Waals surface area (Å²) in [6.07, 6.45) is -0.938. The Hall–Kier alpha value is -3.22. The maximum absolute atomic E-state index is 13.0. The van der Waals surface area contributed by atoms with Gasteiger partial charge in [0.25, 0.3) is 11.8 Å². The number of carbonyl (C=O) groups excluding carboxylic acids is 3. The van der Waals surface area contributed by atoms with Crippen LogP contribution >= 0.6 is 0 Å². The van der Waals surface area contributed by atoms with Crippen LogP contribution in [0.2, 0.25) is 0 Å². The van der Waals surface area contributed by atoms with E-state index < -0.39 is 29.8 Å². The molecule has 0 saturated carbocycles. The fourth-order valence-electron chi connectivity index (χ4n) is 2.49. The molecule has 1 heterocycles. The van der Waals surface area contributed by atoms with Crippen LogP contribution in [0.5, 0.6) is 5.75 Å². The summed E-state index contributed by atoms with van der Waals surface area (Å²) >= 11 is 0. The normalized spacial score (nSPS) is 15.4. The van der Waals surface area contributed by atoms with E-state index in [0.717, 1.165) is 21.9 Å². The van der Waals surface area contributed by atoms with Gasteiger partial charge >= 0.3 is 6.03 Å². The van der Waals surface area contributed by atoms with E-state index in [0.29, 0.717) is 5.75 Å². The molecule has 4 amide bonds. The molecule has 0 spiro atoms. The zero-order valence-corrected chi connectivity index (χ0v) is 13.4. The molecule has 7 heteroatoms. The number of urea groups is 1. The molecule has 25 heavy (non-hydrogen) atoms. The fourth-order valence-corrected chi connectivity index (χ4v) is 2.49. The first-order valence-electron chi connectivity index (χ1n) is 7.63. The van der Waals surface area contributed by atoms with Crippen molar-refractivity contribution in [3.8, 4) is 5.75 Å². The Balaban J connectivity index is 1.74. The molecule has 128 valence electrons. The number of imide groups is 2. The highest BCUT2D eigenvalue weighted by molar-refractivity contribution is 6.24. The van der Waals surface area contributed by atoms with Crippen molar-refractivity contribution in [1.29, 1.82) is 0 Å². The molecule has 0 radical (unpaired) electrons. The highest BCUT2D eigenvalue weighted by Gasteiger charge is 2.42. The van der Waals surface area contributed by atoms with E-state index in [9.17, 15) is 18.8 Å². The van der Waals surface area contributed by atoms with Crippen LogP contribution in [0.1, 0.15) is 6.92 Å². The monoisotopic (exact) mass is 342 g/mol. The van der Waals surface area contributed by atoms with Crippen LogP contribution in [0, 0.1) is 5.82 Å². The number of anilines is 1. The van der Waals surface area contributed by atoms with Crippen LogP contribution in [-0.4, -0.2) is 35.4 Å². The van der Waals surface area contributed by atoms with E-state index in [4.69, 9.17) is 4.74 Å². The Bertz CT molecular complexity index is 808. The van der Waals surface area contributed by atoms with Gasteiger partial charge in [-0.2, -0.15) is 0 Å². The molecule has 0 bridgehead atoms. The number of nitrogens with zero attached hydrogens (tertiary/aromatic N) is 2. The van der Waals surface area contributed by atoms with E-state index >= 15 is 0 Å². The third-order valence-electron chi connectivity index (χ3n) is 3.72. The van der Waals surface area contributed by atoms with Gasteiger partial charge in [0.15, 0.2) is 6.10 Å². The molecule has 6 nitrogen and oxygen atoms in total. The summed E-state index contributed by atoms with van der Waals surface area (Å²) in [5.74, 6) is -1.18. The van der Waals surface area contributed by atoms with Crippen molar-refractivity contribution < 1.29 is 23.5 Å². The maximum Gasteiger partial charge on any atom is 0.338 e. The molecule has 2 aromatic rings. The minimum atomic E-state index is -0.938. The van der Waals surface area contributed by atoms with Gasteiger partial charge in [-0.25, -0.2) is 14.1 Å². The average molecular weight is 342 g/mol. The third kappa shape index (κ3) is 3.35. The summed E-state index contributed by atoms with van der Waals surface area (Å²) in [5.41, 5.74) is 0.211. The summed E-state index contributed by atoms with van der Waals surface area (Å²) < 4.78 is 18.5. The van der Waals surface area contributed by atoms with Crippen LogP contribution in [0.15, 0.2) is 54.6 Å². The van der Waals surface area contributed by atoms with Crippen LogP contribution in [-0.2, 0) is 9.59 Å². The molecule has 1 aliphatic heterocycles. The molecule has 2 aromatic carbocycles. The molecule has 1 unspecified atom stereocenters. The predicted octanol–water partition coefficient (Wildman–Crippen LogP) is 2.59. The van der Waals surface area contributed by atoms with Gasteiger partial charge in [-0.15, -0.1) is 0 Å². The van der Waals surface area contributed by atoms with Gasteiger partial charge in [0.1, 0.15) is 18.1 Å². The first-order chi connectivity index (χ1) is 12.0. The summed E-state index contributed by atoms with van der Waals surface area (Å²) in [6, 6.07) is 12.8. The predicted molar refractivity (Wildman–Crippen MR) is 87.5 cm³/mol. The van der Waals surface area contributed by atoms with Crippen LogP contribution in [0.3, 0.4) is 0 Å². The second-order valence-corrected chi connectivity index (χ2v) is 5.49. The number of hydrogen-bond donors (Lipinski definition) is 0. The van der Waals surface area contributed by atoms with Crippen molar-refractivity contribution in [2.24, 2.45) is 0 Å². The molecule has 1 fully saturated rings. The standard InChI is InChI=1S/C18H15FN2O4/c1-12(25-15-5-3-2-4-6-15)17(23)20-11-16(22)21(18(20)24)14-9-7-13(19)8-10-14/h2-10,12H,11H2,1H3. The fraction of sp³-hybridized carbons (Fsp3) is 0.167. The second-order valence-electron chi connectivity index (χ2n) is 5.49. The Labute approximate surface area is 143 Å². The van der Waals surface area contributed by atoms with Crippen LogP contribution in [0.25, 0.3) is 0 Å². The minimum absolute atomic E-state index is 0.211. The lowest BCUT2D eigenvalue weighted by atomic mass is 10.3. The minimum Gasteiger partial charge on any atom is -0.481 e. The first-order valence-corrected chi connectivity index (χ1v) is 7.63. The smallest absolute Gasteiger partial charge is 0.338 e. The lowest BCUT2D eigenvalue weighted by molar-refractivity contribution is -0.135. The molecule has 0 aliphatic carbocycles. The van der Waals surface area contributed by atoms with Crippen molar-refractivity contribution in [1.82, 2.24) is 4.90 Å². The second kappa shape index (κ2) is 6.72. The highest BCUT2D eigenvalue weighted by atomic mass is 19.1. The largest absolute Gasteiger partial charge is 0.481 e. The number of ether oxygens (including phenoxy) is 1. The zero-order chi connectivity index (χ0) is 18.0. The van der Waals surface area contributed by atoms with Gasteiger partial charge < -0.3 is 4.74 Å². The molecule has 0 aromatic heterocycles. The van der Waals surface area contributed by atoms with E-state index in [-0.39, 0.29) is 12.2 Å². The SMILES string of the molecule is CC(Oc1ccccc1)C(=O)N1CC(=O)N(c2ccc(F)cc2)C1=O. The van der Waals surface area contributed by atoms with Gasteiger partial charge in [-0.05, 0) is 43.3 Å². The summed E-state index contributed by atoms with van der Waals surface area (Å²) in [7, 11) is 0. The number of halogens is 1. The molecular weight excluding hydrogens is 327 g/mol. The number of para-hydroxylation sites is 1. The van der Waals surface area contributed by atoms with Gasteiger partial charge in [-0.3, -0.25) is 14.5 Å². The van der Waals surface area contributed by atoms with Crippen molar-refractivity contribution in [2.75, 3.05) is 11.4 Å². The topological polar surface area (TPSA) is 66.9 Å². The molecular formula is C18H15FN2O4. The van der Waals surface area contributed by atoms with E-state index in [1.807, 2.05) is 6.07 Å². The molecule has 3 rings (SSSR count). The maximum atomic E-state index is 13.0. The van der Waals surface area contributed by atoms with E-state index in [1.165, 1.54) is 19.1 Å². The van der Waals surface area contributed by atoms with Crippen molar-refractivity contribution in [2.45, 2.75) is 13.0 Å². The average Bonchev–Trinajstić information content (AvgIpc) is 2.90. The molecule has 1 aliphatic rings. The first kappa shape index (κ1) is 16.6. The quantitative estimate of drug-likeness (QED) is 0.801. The Morgan fingerprint density at radius 3 is 2.36 bits per heavy atom. The lowest BCUT2D eigenvalue weighted by Gasteiger charge is -2.20. The highest BCUT2D eigenvalue weighted by Crippen LogP contribution is 2.23. The van der Waals surface area contributed by atoms with Gasteiger partial charge in [-0.1, -0.05) is 18.2 Å². The lowest BCUT2D eigenvalue weighted by Crippen LogP contribution is -2.43. The van der Waals surface area contributed by atoms with Gasteiger partial charge in [0.2, 0.25) is 0 Å². The van der Waals surface area contributed by atoms with Gasteiger partial charge in [0, 0.05) is 0 Å². The van der Waals surface area contributed by atoms with E-state index in [2.05, 4.69) is 0 Å². The number of benzene rings is 2. The summed E-state index contributed by atoms with van der Waals surface area (Å²) in [5, 5.41) is 0. The third-order valence-corrected chi connectivity index (χ3v) is 3.72. The Morgan fingerprint density at radius 2 is 1.72 bits per heavy atom. The number of rotatable bonds is 4. The van der Waals surface area contributed by atoms with Crippen molar-refractivity contribution >= 4 is 23.5 Å². The van der Waals surface area contributed by atoms with Crippen LogP contribution in [0.4, 0.5) is 14.9 Å². The number of carbonyl (C=O) groups is 3.